The standard InChI is InChI=1S/C20H30N6O/c1-4-18-17(13-22-26(18)14-16(2)3)23-20(27)15-24-9-11-25(12-10-24)19-7-5-6-8-21-19/h5-8,13,16H,4,9-12,14-15H2,1-3H3,(H,23,27). The summed E-state index contributed by atoms with van der Waals surface area (Å²) < 4.78 is 2.01. The largest absolute Gasteiger partial charge is 0.354 e. The van der Waals surface area contributed by atoms with Crippen LogP contribution in [0.1, 0.15) is 26.5 Å². The number of hydrogen-bond acceptors (Lipinski definition) is 5. The maximum atomic E-state index is 12.5. The predicted octanol–water partition coefficient (Wildman–Crippen LogP) is 2.26. The maximum Gasteiger partial charge on any atom is 0.238 e. The third-order valence-electron chi connectivity index (χ3n) is 4.81. The number of carbonyl (C=O) groups is 1. The summed E-state index contributed by atoms with van der Waals surface area (Å²) in [6.45, 7) is 11.2. The zero-order valence-electron chi connectivity index (χ0n) is 16.6. The summed E-state index contributed by atoms with van der Waals surface area (Å²) >= 11 is 0. The molecule has 0 aromatic carbocycles. The minimum Gasteiger partial charge on any atom is -0.354 e. The summed E-state index contributed by atoms with van der Waals surface area (Å²) in [5.74, 6) is 1.56. The molecule has 2 aromatic rings. The van der Waals surface area contributed by atoms with E-state index in [1.165, 1.54) is 0 Å². The maximum absolute atomic E-state index is 12.5. The Morgan fingerprint density at radius 3 is 2.63 bits per heavy atom. The molecule has 1 saturated heterocycles. The van der Waals surface area contributed by atoms with E-state index in [9.17, 15) is 4.79 Å². The fourth-order valence-corrected chi connectivity index (χ4v) is 3.46. The molecule has 1 N–H and O–H groups in total. The Morgan fingerprint density at radius 1 is 1.22 bits per heavy atom. The van der Waals surface area contributed by atoms with Crippen LogP contribution >= 0.6 is 0 Å². The molecule has 146 valence electrons. The Bertz CT molecular complexity index is 734. The lowest BCUT2D eigenvalue weighted by atomic mass is 10.2. The molecule has 3 rings (SSSR count). The average molecular weight is 371 g/mol. The molecule has 7 heteroatoms. The van der Waals surface area contributed by atoms with Crippen molar-refractivity contribution in [2.75, 3.05) is 42.9 Å². The van der Waals surface area contributed by atoms with Gasteiger partial charge in [-0.25, -0.2) is 4.98 Å². The first-order valence-corrected chi connectivity index (χ1v) is 9.79. The minimum atomic E-state index is 0.0279. The van der Waals surface area contributed by atoms with Crippen molar-refractivity contribution in [2.24, 2.45) is 5.92 Å². The van der Waals surface area contributed by atoms with Crippen LogP contribution < -0.4 is 10.2 Å². The van der Waals surface area contributed by atoms with E-state index in [4.69, 9.17) is 0 Å². The fraction of sp³-hybridized carbons (Fsp3) is 0.550. The molecule has 1 aliphatic heterocycles. The number of aromatic nitrogens is 3. The zero-order valence-corrected chi connectivity index (χ0v) is 16.6. The average Bonchev–Trinajstić information content (AvgIpc) is 3.03. The van der Waals surface area contributed by atoms with Gasteiger partial charge >= 0.3 is 0 Å². The molecule has 7 nitrogen and oxygen atoms in total. The number of piperazine rings is 1. The third-order valence-corrected chi connectivity index (χ3v) is 4.81. The quantitative estimate of drug-likeness (QED) is 0.810. The van der Waals surface area contributed by atoms with E-state index in [2.05, 4.69) is 46.0 Å². The molecule has 1 fully saturated rings. The lowest BCUT2D eigenvalue weighted by Crippen LogP contribution is -2.48. The first kappa shape index (κ1) is 19.4. The van der Waals surface area contributed by atoms with E-state index >= 15 is 0 Å². The summed E-state index contributed by atoms with van der Waals surface area (Å²) in [4.78, 5) is 21.4. The van der Waals surface area contributed by atoms with Crippen LogP contribution in [0.3, 0.4) is 0 Å². The van der Waals surface area contributed by atoms with Crippen LogP contribution in [0.2, 0.25) is 0 Å². The smallest absolute Gasteiger partial charge is 0.238 e. The highest BCUT2D eigenvalue weighted by Gasteiger charge is 2.20. The number of rotatable bonds is 7. The van der Waals surface area contributed by atoms with Crippen molar-refractivity contribution in [2.45, 2.75) is 33.7 Å². The summed E-state index contributed by atoms with van der Waals surface area (Å²) in [5, 5.41) is 7.50. The van der Waals surface area contributed by atoms with Crippen LogP contribution in [0.15, 0.2) is 30.6 Å². The van der Waals surface area contributed by atoms with Gasteiger partial charge in [-0.15, -0.1) is 0 Å². The lowest BCUT2D eigenvalue weighted by Gasteiger charge is -2.34. The highest BCUT2D eigenvalue weighted by atomic mass is 16.2. The van der Waals surface area contributed by atoms with Gasteiger partial charge in [-0.3, -0.25) is 14.4 Å². The molecule has 3 heterocycles. The van der Waals surface area contributed by atoms with Crippen molar-refractivity contribution in [1.29, 1.82) is 0 Å². The van der Waals surface area contributed by atoms with Crippen LogP contribution in [0.5, 0.6) is 0 Å². The summed E-state index contributed by atoms with van der Waals surface area (Å²) in [6.07, 6.45) is 4.45. The van der Waals surface area contributed by atoms with Crippen molar-refractivity contribution in [3.63, 3.8) is 0 Å². The van der Waals surface area contributed by atoms with Crippen LogP contribution in [-0.4, -0.2) is 58.3 Å². The second-order valence-electron chi connectivity index (χ2n) is 7.43. The highest BCUT2D eigenvalue weighted by molar-refractivity contribution is 5.92. The van der Waals surface area contributed by atoms with Gasteiger partial charge in [0.15, 0.2) is 0 Å². The van der Waals surface area contributed by atoms with Crippen molar-refractivity contribution >= 4 is 17.4 Å². The van der Waals surface area contributed by atoms with Gasteiger partial charge in [0.05, 0.1) is 24.1 Å². The molecule has 0 unspecified atom stereocenters. The van der Waals surface area contributed by atoms with E-state index in [-0.39, 0.29) is 5.91 Å². The first-order chi connectivity index (χ1) is 13.1. The van der Waals surface area contributed by atoms with Gasteiger partial charge in [0, 0.05) is 38.9 Å². The number of carbonyl (C=O) groups excluding carboxylic acids is 1. The van der Waals surface area contributed by atoms with Crippen LogP contribution in [0, 0.1) is 5.92 Å². The Morgan fingerprint density at radius 2 is 2.00 bits per heavy atom. The molecule has 1 aliphatic rings. The van der Waals surface area contributed by atoms with Crippen molar-refractivity contribution in [3.05, 3.63) is 36.3 Å². The van der Waals surface area contributed by atoms with E-state index in [1.54, 1.807) is 6.20 Å². The van der Waals surface area contributed by atoms with Crippen molar-refractivity contribution < 1.29 is 4.79 Å². The summed E-state index contributed by atoms with van der Waals surface area (Å²) in [5.41, 5.74) is 1.94. The Balaban J connectivity index is 1.51. The molecular weight excluding hydrogens is 340 g/mol. The summed E-state index contributed by atoms with van der Waals surface area (Å²) in [6, 6.07) is 5.97. The normalized spacial score (nSPS) is 15.3. The molecule has 0 spiro atoms. The molecule has 0 aliphatic carbocycles. The second kappa shape index (κ2) is 8.99. The van der Waals surface area contributed by atoms with E-state index in [0.29, 0.717) is 12.5 Å². The molecule has 0 bridgehead atoms. The fourth-order valence-electron chi connectivity index (χ4n) is 3.46. The van der Waals surface area contributed by atoms with Gasteiger partial charge in [-0.05, 0) is 24.5 Å². The Labute approximate surface area is 161 Å². The van der Waals surface area contributed by atoms with Gasteiger partial charge in [0.2, 0.25) is 5.91 Å². The monoisotopic (exact) mass is 370 g/mol. The molecule has 0 radical (unpaired) electrons. The molecular formula is C20H30N6O. The topological polar surface area (TPSA) is 66.3 Å². The van der Waals surface area contributed by atoms with Gasteiger partial charge < -0.3 is 10.2 Å². The number of nitrogens with zero attached hydrogens (tertiary/aromatic N) is 5. The second-order valence-corrected chi connectivity index (χ2v) is 7.43. The van der Waals surface area contributed by atoms with E-state index < -0.39 is 0 Å². The van der Waals surface area contributed by atoms with E-state index in [1.807, 2.05) is 29.1 Å². The highest BCUT2D eigenvalue weighted by Crippen LogP contribution is 2.17. The van der Waals surface area contributed by atoms with Gasteiger partial charge in [0.1, 0.15) is 5.82 Å². The Hall–Kier alpha value is -2.41. The van der Waals surface area contributed by atoms with Gasteiger partial charge in [-0.1, -0.05) is 26.8 Å². The predicted molar refractivity (Wildman–Crippen MR) is 108 cm³/mol. The molecule has 27 heavy (non-hydrogen) atoms. The van der Waals surface area contributed by atoms with Crippen LogP contribution in [-0.2, 0) is 17.8 Å². The number of pyridine rings is 1. The first-order valence-electron chi connectivity index (χ1n) is 9.79. The molecule has 1 amide bonds. The SMILES string of the molecule is CCc1c(NC(=O)CN2CCN(c3ccccn3)CC2)cnn1CC(C)C. The van der Waals surface area contributed by atoms with Crippen LogP contribution in [0.4, 0.5) is 11.5 Å². The molecule has 0 saturated carbocycles. The molecule has 2 aromatic heterocycles. The zero-order chi connectivity index (χ0) is 19.2. The van der Waals surface area contributed by atoms with Gasteiger partial charge in [0.25, 0.3) is 0 Å². The van der Waals surface area contributed by atoms with Crippen LogP contribution in [0.25, 0.3) is 0 Å². The van der Waals surface area contributed by atoms with Crippen molar-refractivity contribution in [3.8, 4) is 0 Å². The van der Waals surface area contributed by atoms with E-state index in [0.717, 1.165) is 56.3 Å². The molecule has 0 atom stereocenters. The van der Waals surface area contributed by atoms with Crippen molar-refractivity contribution in [1.82, 2.24) is 19.7 Å². The number of anilines is 2. The third kappa shape index (κ3) is 5.07. The Kier molecular flexibility index (Phi) is 6.45. The minimum absolute atomic E-state index is 0.0279. The number of amides is 1. The lowest BCUT2D eigenvalue weighted by molar-refractivity contribution is -0.117. The summed E-state index contributed by atoms with van der Waals surface area (Å²) in [7, 11) is 0. The van der Waals surface area contributed by atoms with Gasteiger partial charge in [-0.2, -0.15) is 5.10 Å². The number of hydrogen-bond donors (Lipinski definition) is 1. The number of nitrogens with one attached hydrogen (secondary N) is 1.